The van der Waals surface area contributed by atoms with Gasteiger partial charge in [0.1, 0.15) is 11.7 Å². The lowest BCUT2D eigenvalue weighted by Crippen LogP contribution is -2.47. The molecule has 7 heteroatoms. The molecule has 118 valence electrons. The van der Waals surface area contributed by atoms with Crippen molar-refractivity contribution in [3.05, 3.63) is 0 Å². The lowest BCUT2D eigenvalue weighted by atomic mass is 10.2. The number of nitrogens with zero attached hydrogens (tertiary/aromatic N) is 2. The van der Waals surface area contributed by atoms with E-state index in [1.807, 2.05) is 34.9 Å². The van der Waals surface area contributed by atoms with Crippen LogP contribution in [-0.2, 0) is 19.1 Å². The van der Waals surface area contributed by atoms with Crippen molar-refractivity contribution in [3.63, 3.8) is 0 Å². The van der Waals surface area contributed by atoms with Gasteiger partial charge in [-0.3, -0.25) is 0 Å². The Kier molecular flexibility index (Phi) is 8.36. The molecule has 20 heavy (non-hydrogen) atoms. The minimum atomic E-state index is -0.522. The molecule has 0 aliphatic carbocycles. The first-order valence-electron chi connectivity index (χ1n) is 6.46. The smallest absolute Gasteiger partial charge is 0.410 e. The zero-order valence-electron chi connectivity index (χ0n) is 13.2. The maximum Gasteiger partial charge on any atom is 0.410 e. The van der Waals surface area contributed by atoms with Crippen LogP contribution in [0, 0.1) is 0 Å². The molecule has 7 nitrogen and oxygen atoms in total. The van der Waals surface area contributed by atoms with Gasteiger partial charge >= 0.3 is 6.09 Å². The summed E-state index contributed by atoms with van der Waals surface area (Å²) in [6.45, 7) is 6.55. The van der Waals surface area contributed by atoms with Crippen molar-refractivity contribution in [1.29, 1.82) is 0 Å². The number of rotatable bonds is 2. The Labute approximate surface area is 120 Å². The van der Waals surface area contributed by atoms with Crippen LogP contribution in [0.5, 0.6) is 0 Å². The summed E-state index contributed by atoms with van der Waals surface area (Å²) in [5.41, 5.74) is -0.508. The molecule has 1 aliphatic heterocycles. The molecule has 1 amide bonds. The van der Waals surface area contributed by atoms with Gasteiger partial charge < -0.3 is 24.0 Å². The summed E-state index contributed by atoms with van der Waals surface area (Å²) in [6, 6.07) is 0. The first-order valence-corrected chi connectivity index (χ1v) is 6.46. The molecule has 0 aromatic carbocycles. The van der Waals surface area contributed by atoms with Crippen LogP contribution in [0.15, 0.2) is 0 Å². The topological polar surface area (TPSA) is 68.3 Å². The number of ether oxygens (including phenoxy) is 2. The summed E-state index contributed by atoms with van der Waals surface area (Å²) in [6.07, 6.45) is -0.208. The van der Waals surface area contributed by atoms with Crippen molar-refractivity contribution in [2.24, 2.45) is 0 Å². The monoisotopic (exact) mass is 290 g/mol. The van der Waals surface area contributed by atoms with E-state index in [0.717, 1.165) is 0 Å². The minimum Gasteiger partial charge on any atom is -0.444 e. The molecule has 1 aliphatic rings. The van der Waals surface area contributed by atoms with E-state index in [0.29, 0.717) is 19.4 Å². The molecule has 0 saturated carbocycles. The van der Waals surface area contributed by atoms with Crippen LogP contribution in [0.3, 0.4) is 0 Å². The molecule has 1 fully saturated rings. The molecule has 1 atom stereocenters. The normalized spacial score (nSPS) is 19.1. The van der Waals surface area contributed by atoms with Crippen LogP contribution < -0.4 is 0 Å². The number of aldehydes is 1. The number of amides is 1. The molecule has 0 radical (unpaired) electrons. The summed E-state index contributed by atoms with van der Waals surface area (Å²) < 4.78 is 10.3. The molecule has 1 saturated heterocycles. The summed E-state index contributed by atoms with van der Waals surface area (Å²) in [5.74, 6) is 0. The first kappa shape index (κ1) is 18.8. The van der Waals surface area contributed by atoms with Gasteiger partial charge in [0.25, 0.3) is 0 Å². The fourth-order valence-electron chi connectivity index (χ4n) is 1.25. The van der Waals surface area contributed by atoms with Crippen LogP contribution in [0.2, 0.25) is 0 Å². The third-order valence-electron chi connectivity index (χ3n) is 2.26. The van der Waals surface area contributed by atoms with Gasteiger partial charge in [-0.1, -0.05) is 0 Å². The predicted octanol–water partition coefficient (Wildman–Crippen LogP) is 0.931. The fraction of sp³-hybridized carbons (Fsp3) is 0.846. The van der Waals surface area contributed by atoms with Gasteiger partial charge in [-0.15, -0.1) is 0 Å². The standard InChI is InChI=1S/C10H17NO4.C3H9NO/c1-10(2,3)15-9(13)11-4-5-14-8(6-11)7-12;1-4(2)5-3/h7-8H,4-6H2,1-3H3;1-3H3/t8-;/m1./s1. The third kappa shape index (κ3) is 8.84. The number of carbonyl (C=O) groups excluding carboxylic acids is 2. The number of hydrogen-bond donors (Lipinski definition) is 0. The Morgan fingerprint density at radius 3 is 2.35 bits per heavy atom. The molecule has 0 aromatic rings. The average molecular weight is 290 g/mol. The maximum atomic E-state index is 11.6. The van der Waals surface area contributed by atoms with Crippen LogP contribution in [0.4, 0.5) is 4.79 Å². The summed E-state index contributed by atoms with van der Waals surface area (Å²) in [5, 5.41) is 1.62. The van der Waals surface area contributed by atoms with Gasteiger partial charge in [0.15, 0.2) is 6.29 Å². The first-order chi connectivity index (χ1) is 9.19. The molecule has 0 N–H and O–H groups in total. The minimum absolute atomic E-state index is 0.276. The maximum absolute atomic E-state index is 11.6. The predicted molar refractivity (Wildman–Crippen MR) is 74.3 cm³/mol. The highest BCUT2D eigenvalue weighted by molar-refractivity contribution is 5.69. The van der Waals surface area contributed by atoms with Crippen molar-refractivity contribution in [1.82, 2.24) is 9.96 Å². The van der Waals surface area contributed by atoms with Gasteiger partial charge in [-0.2, -0.15) is 5.06 Å². The Hall–Kier alpha value is -1.18. The van der Waals surface area contributed by atoms with E-state index in [2.05, 4.69) is 4.84 Å². The Morgan fingerprint density at radius 2 is 1.95 bits per heavy atom. The lowest BCUT2D eigenvalue weighted by Gasteiger charge is -2.32. The highest BCUT2D eigenvalue weighted by atomic mass is 16.7. The van der Waals surface area contributed by atoms with E-state index in [9.17, 15) is 9.59 Å². The van der Waals surface area contributed by atoms with Crippen molar-refractivity contribution < 1.29 is 23.9 Å². The van der Waals surface area contributed by atoms with Gasteiger partial charge in [-0.25, -0.2) is 4.79 Å². The van der Waals surface area contributed by atoms with E-state index in [1.54, 1.807) is 12.2 Å². The largest absolute Gasteiger partial charge is 0.444 e. The quantitative estimate of drug-likeness (QED) is 0.557. The second-order valence-corrected chi connectivity index (χ2v) is 5.47. The average Bonchev–Trinajstić information content (AvgIpc) is 2.37. The van der Waals surface area contributed by atoms with E-state index in [1.165, 1.54) is 4.90 Å². The Bertz CT molecular complexity index is 302. The second kappa shape index (κ2) is 8.89. The molecule has 1 heterocycles. The third-order valence-corrected chi connectivity index (χ3v) is 2.26. The number of hydrogen-bond acceptors (Lipinski definition) is 6. The fourth-order valence-corrected chi connectivity index (χ4v) is 1.25. The van der Waals surface area contributed by atoms with Crippen LogP contribution >= 0.6 is 0 Å². The van der Waals surface area contributed by atoms with Crippen LogP contribution in [0.1, 0.15) is 20.8 Å². The van der Waals surface area contributed by atoms with E-state index < -0.39 is 17.8 Å². The molecular formula is C13H26N2O5. The van der Waals surface area contributed by atoms with Crippen molar-refractivity contribution in [3.8, 4) is 0 Å². The second-order valence-electron chi connectivity index (χ2n) is 5.47. The molecule has 1 rings (SSSR count). The van der Waals surface area contributed by atoms with Crippen LogP contribution in [-0.4, -0.2) is 74.9 Å². The number of carbonyl (C=O) groups is 2. The van der Waals surface area contributed by atoms with Gasteiger partial charge in [0.05, 0.1) is 20.3 Å². The van der Waals surface area contributed by atoms with E-state index >= 15 is 0 Å². The lowest BCUT2D eigenvalue weighted by molar-refractivity contribution is -0.123. The number of hydroxylamine groups is 2. The Balaban J connectivity index is 0.000000621. The highest BCUT2D eigenvalue weighted by Crippen LogP contribution is 2.12. The summed E-state index contributed by atoms with van der Waals surface area (Å²) >= 11 is 0. The van der Waals surface area contributed by atoms with Gasteiger partial charge in [-0.05, 0) is 20.8 Å². The molecule has 0 unspecified atom stereocenters. The van der Waals surface area contributed by atoms with E-state index in [-0.39, 0.29) is 6.54 Å². The molecular weight excluding hydrogens is 264 g/mol. The molecule has 0 aromatic heterocycles. The van der Waals surface area contributed by atoms with Crippen molar-refractivity contribution >= 4 is 12.4 Å². The number of morpholine rings is 1. The zero-order valence-corrected chi connectivity index (χ0v) is 13.2. The van der Waals surface area contributed by atoms with E-state index in [4.69, 9.17) is 9.47 Å². The van der Waals surface area contributed by atoms with Crippen molar-refractivity contribution in [2.45, 2.75) is 32.5 Å². The van der Waals surface area contributed by atoms with Crippen molar-refractivity contribution in [2.75, 3.05) is 40.9 Å². The summed E-state index contributed by atoms with van der Waals surface area (Å²) in [4.78, 5) is 28.2. The SMILES string of the molecule is CC(C)(C)OC(=O)N1CCO[C@@H](C=O)C1.CON(C)C. The molecule has 0 spiro atoms. The zero-order chi connectivity index (χ0) is 15.8. The van der Waals surface area contributed by atoms with Gasteiger partial charge in [0.2, 0.25) is 0 Å². The van der Waals surface area contributed by atoms with Crippen LogP contribution in [0.25, 0.3) is 0 Å². The Morgan fingerprint density at radius 1 is 1.40 bits per heavy atom. The highest BCUT2D eigenvalue weighted by Gasteiger charge is 2.27. The van der Waals surface area contributed by atoms with Gasteiger partial charge in [0, 0.05) is 20.6 Å². The molecule has 0 bridgehead atoms. The summed E-state index contributed by atoms with van der Waals surface area (Å²) in [7, 11) is 5.29.